The van der Waals surface area contributed by atoms with Gasteiger partial charge in [0, 0.05) is 25.0 Å². The molecular weight excluding hydrogens is 342 g/mol. The van der Waals surface area contributed by atoms with Crippen LogP contribution in [0.25, 0.3) is 11.0 Å². The summed E-state index contributed by atoms with van der Waals surface area (Å²) in [7, 11) is 0. The number of hydrogen-bond donors (Lipinski definition) is 0. The van der Waals surface area contributed by atoms with Gasteiger partial charge in [0.15, 0.2) is 0 Å². The fraction of sp³-hybridized carbons (Fsp3) is 0.500. The molecule has 2 aromatic rings. The van der Waals surface area contributed by atoms with Gasteiger partial charge in [0.1, 0.15) is 17.8 Å². The maximum atomic E-state index is 12.6. The second kappa shape index (κ2) is 9.53. The molecule has 0 radical (unpaired) electrons. The van der Waals surface area contributed by atoms with E-state index in [2.05, 4.69) is 23.7 Å². The van der Waals surface area contributed by atoms with E-state index in [9.17, 15) is 9.59 Å². The first-order valence-corrected chi connectivity index (χ1v) is 8.42. The molecule has 0 fully saturated rings. The van der Waals surface area contributed by atoms with Gasteiger partial charge in [0.2, 0.25) is 5.43 Å². The number of aromatic nitrogens is 2. The van der Waals surface area contributed by atoms with Gasteiger partial charge < -0.3 is 14.2 Å². The third-order valence-electron chi connectivity index (χ3n) is 4.16. The second-order valence-electron chi connectivity index (χ2n) is 5.64. The summed E-state index contributed by atoms with van der Waals surface area (Å²) in [6.45, 7) is 11.3. The number of ether oxygens (including phenoxy) is 1. The number of carbonyl (C=O) groups excluding carboxylic acids is 1. The van der Waals surface area contributed by atoms with Gasteiger partial charge in [0.05, 0.1) is 5.39 Å². The number of halogens is 1. The average Bonchev–Trinajstić information content (AvgIpc) is 2.58. The Balaban J connectivity index is 0.00000312. The molecule has 2 heterocycles. The molecule has 0 aromatic carbocycles. The fourth-order valence-electron chi connectivity index (χ4n) is 2.63. The molecule has 0 unspecified atom stereocenters. The highest BCUT2D eigenvalue weighted by Crippen LogP contribution is 2.11. The highest BCUT2D eigenvalue weighted by atomic mass is 35.5. The van der Waals surface area contributed by atoms with Crippen LogP contribution in [-0.4, -0.2) is 46.7 Å². The molecule has 0 saturated carbocycles. The molecule has 0 aliphatic carbocycles. The Morgan fingerprint density at radius 2 is 1.92 bits per heavy atom. The van der Waals surface area contributed by atoms with E-state index in [0.29, 0.717) is 24.1 Å². The zero-order chi connectivity index (χ0) is 17.7. The molecule has 0 atom stereocenters. The van der Waals surface area contributed by atoms with Gasteiger partial charge >= 0.3 is 5.97 Å². The predicted molar refractivity (Wildman–Crippen MR) is 102 cm³/mol. The van der Waals surface area contributed by atoms with E-state index in [1.807, 2.05) is 18.4 Å². The minimum absolute atomic E-state index is 0. The van der Waals surface area contributed by atoms with Crippen molar-refractivity contribution in [2.75, 3.05) is 26.2 Å². The maximum Gasteiger partial charge on any atom is 0.343 e. The highest BCUT2D eigenvalue weighted by Gasteiger charge is 2.17. The largest absolute Gasteiger partial charge is 0.461 e. The number of hydrogen-bond acceptors (Lipinski definition) is 5. The van der Waals surface area contributed by atoms with Gasteiger partial charge in [0.25, 0.3) is 0 Å². The molecule has 0 saturated heterocycles. The Bertz CT molecular complexity index is 785. The van der Waals surface area contributed by atoms with Crippen molar-refractivity contribution in [3.8, 4) is 0 Å². The van der Waals surface area contributed by atoms with Gasteiger partial charge in [-0.3, -0.25) is 4.79 Å². The van der Waals surface area contributed by atoms with Crippen LogP contribution in [0, 0.1) is 6.92 Å². The first-order valence-electron chi connectivity index (χ1n) is 8.42. The average molecular weight is 368 g/mol. The van der Waals surface area contributed by atoms with Crippen LogP contribution in [-0.2, 0) is 11.3 Å². The van der Waals surface area contributed by atoms with Gasteiger partial charge in [-0.25, -0.2) is 9.78 Å². The van der Waals surface area contributed by atoms with Crippen molar-refractivity contribution in [2.24, 2.45) is 0 Å². The number of esters is 1. The quantitative estimate of drug-likeness (QED) is 0.704. The van der Waals surface area contributed by atoms with Crippen LogP contribution in [0.1, 0.15) is 36.8 Å². The number of pyridine rings is 2. The van der Waals surface area contributed by atoms with Gasteiger partial charge in [-0.2, -0.15) is 0 Å². The molecule has 2 aromatic heterocycles. The summed E-state index contributed by atoms with van der Waals surface area (Å²) in [6, 6.07) is 3.50. The van der Waals surface area contributed by atoms with Crippen LogP contribution in [0.15, 0.2) is 23.1 Å². The van der Waals surface area contributed by atoms with Crippen molar-refractivity contribution in [1.29, 1.82) is 0 Å². The van der Waals surface area contributed by atoms with E-state index in [0.717, 1.165) is 18.8 Å². The van der Waals surface area contributed by atoms with Crippen LogP contribution in [0.3, 0.4) is 0 Å². The standard InChI is InChI=1S/C18H25N3O3.ClH/c1-5-20(6-2)10-11-24-18(23)15-12-21(7-3)17-14(16(15)22)9-8-13(4)19-17;/h8-9,12H,5-7,10-11H2,1-4H3;1H. The Hall–Kier alpha value is -1.92. The topological polar surface area (TPSA) is 64.4 Å². The first kappa shape index (κ1) is 21.1. The summed E-state index contributed by atoms with van der Waals surface area (Å²) in [4.78, 5) is 31.5. The third-order valence-corrected chi connectivity index (χ3v) is 4.16. The van der Waals surface area contributed by atoms with E-state index in [-0.39, 0.29) is 30.0 Å². The zero-order valence-corrected chi connectivity index (χ0v) is 16.1. The van der Waals surface area contributed by atoms with Crippen molar-refractivity contribution >= 4 is 29.4 Å². The maximum absolute atomic E-state index is 12.6. The van der Waals surface area contributed by atoms with Crippen LogP contribution in [0.2, 0.25) is 0 Å². The van der Waals surface area contributed by atoms with Gasteiger partial charge in [-0.05, 0) is 39.1 Å². The molecule has 0 aliphatic heterocycles. The van der Waals surface area contributed by atoms with Crippen molar-refractivity contribution in [3.05, 3.63) is 39.8 Å². The van der Waals surface area contributed by atoms with Crippen LogP contribution in [0.4, 0.5) is 0 Å². The van der Waals surface area contributed by atoms with Gasteiger partial charge in [-0.1, -0.05) is 13.8 Å². The lowest BCUT2D eigenvalue weighted by Crippen LogP contribution is -2.29. The van der Waals surface area contributed by atoms with E-state index >= 15 is 0 Å². The molecule has 138 valence electrons. The Morgan fingerprint density at radius 1 is 1.24 bits per heavy atom. The Labute approximate surface area is 154 Å². The van der Waals surface area contributed by atoms with E-state index in [1.54, 1.807) is 18.3 Å². The molecule has 25 heavy (non-hydrogen) atoms. The summed E-state index contributed by atoms with van der Waals surface area (Å²) in [5.41, 5.74) is 1.17. The lowest BCUT2D eigenvalue weighted by molar-refractivity contribution is 0.0464. The molecular formula is C18H26ClN3O3. The lowest BCUT2D eigenvalue weighted by Gasteiger charge is -2.17. The molecule has 0 spiro atoms. The van der Waals surface area contributed by atoms with Gasteiger partial charge in [-0.15, -0.1) is 12.4 Å². The number of nitrogens with zero attached hydrogens (tertiary/aromatic N) is 3. The van der Waals surface area contributed by atoms with E-state index in [1.165, 1.54) is 0 Å². The van der Waals surface area contributed by atoms with E-state index in [4.69, 9.17) is 4.74 Å². The second-order valence-corrected chi connectivity index (χ2v) is 5.64. The number of aryl methyl sites for hydroxylation is 2. The van der Waals surface area contributed by atoms with Crippen LogP contribution < -0.4 is 5.43 Å². The highest BCUT2D eigenvalue weighted by molar-refractivity contribution is 5.93. The van der Waals surface area contributed by atoms with Crippen LogP contribution >= 0.6 is 12.4 Å². The van der Waals surface area contributed by atoms with Crippen molar-refractivity contribution < 1.29 is 9.53 Å². The molecule has 0 aliphatic rings. The van der Waals surface area contributed by atoms with Crippen LogP contribution in [0.5, 0.6) is 0 Å². The Kier molecular flexibility index (Phi) is 8.06. The Morgan fingerprint density at radius 3 is 2.52 bits per heavy atom. The summed E-state index contributed by atoms with van der Waals surface area (Å²) < 4.78 is 7.11. The summed E-state index contributed by atoms with van der Waals surface area (Å²) >= 11 is 0. The van der Waals surface area contributed by atoms with Crippen molar-refractivity contribution in [2.45, 2.75) is 34.2 Å². The van der Waals surface area contributed by atoms with E-state index < -0.39 is 5.97 Å². The number of fused-ring (bicyclic) bond motifs is 1. The first-order chi connectivity index (χ1) is 11.5. The molecule has 0 bridgehead atoms. The summed E-state index contributed by atoms with van der Waals surface area (Å²) in [6.07, 6.45) is 1.55. The SMILES string of the molecule is CCN(CC)CCOC(=O)c1cn(CC)c2nc(C)ccc2c1=O.Cl. The molecule has 6 nitrogen and oxygen atoms in total. The molecule has 0 N–H and O–H groups in total. The molecule has 0 amide bonds. The molecule has 2 rings (SSSR count). The molecule has 7 heteroatoms. The minimum Gasteiger partial charge on any atom is -0.461 e. The monoisotopic (exact) mass is 367 g/mol. The fourth-order valence-corrected chi connectivity index (χ4v) is 2.63. The van der Waals surface area contributed by atoms with Crippen molar-refractivity contribution in [3.63, 3.8) is 0 Å². The summed E-state index contributed by atoms with van der Waals surface area (Å²) in [5.74, 6) is -0.572. The smallest absolute Gasteiger partial charge is 0.343 e. The number of likely N-dealkylation sites (N-methyl/N-ethyl adjacent to an activating group) is 1. The zero-order valence-electron chi connectivity index (χ0n) is 15.2. The van der Waals surface area contributed by atoms with Crippen molar-refractivity contribution in [1.82, 2.24) is 14.5 Å². The third kappa shape index (κ3) is 4.80. The lowest BCUT2D eigenvalue weighted by atomic mass is 10.2. The summed E-state index contributed by atoms with van der Waals surface area (Å²) in [5, 5.41) is 0.445. The number of rotatable bonds is 7. The minimum atomic E-state index is -0.572. The predicted octanol–water partition coefficient (Wildman–Crippen LogP) is 2.65. The number of carbonyl (C=O) groups is 1. The normalized spacial score (nSPS) is 10.8.